The zero-order chi connectivity index (χ0) is 24.2. The van der Waals surface area contributed by atoms with Crippen molar-refractivity contribution in [1.82, 2.24) is 9.80 Å². The van der Waals surface area contributed by atoms with Gasteiger partial charge in [-0.15, -0.1) is 0 Å². The average Bonchev–Trinajstić information content (AvgIpc) is 2.90. The Morgan fingerprint density at radius 1 is 0.676 bits per heavy atom. The Morgan fingerprint density at radius 2 is 1.24 bits per heavy atom. The van der Waals surface area contributed by atoms with Gasteiger partial charge in [-0.2, -0.15) is 0 Å². The van der Waals surface area contributed by atoms with Gasteiger partial charge in [0.15, 0.2) is 11.5 Å². The van der Waals surface area contributed by atoms with E-state index >= 15 is 0 Å². The molecule has 0 aromatic heterocycles. The number of carbonyl (C=O) groups is 2. The van der Waals surface area contributed by atoms with E-state index in [-0.39, 0.29) is 11.8 Å². The van der Waals surface area contributed by atoms with Crippen LogP contribution in [-0.4, -0.2) is 76.2 Å². The Hall–Kier alpha value is -3.68. The van der Waals surface area contributed by atoms with Crippen LogP contribution in [0.3, 0.4) is 0 Å². The van der Waals surface area contributed by atoms with Crippen molar-refractivity contribution < 1.29 is 28.5 Å². The Balaban J connectivity index is 1.43. The summed E-state index contributed by atoms with van der Waals surface area (Å²) in [5.74, 6) is 2.39. The molecule has 180 valence electrons. The van der Waals surface area contributed by atoms with Gasteiger partial charge in [0.25, 0.3) is 5.91 Å². The maximum Gasteiger partial charge on any atom is 0.254 e. The molecule has 2 aliphatic rings. The van der Waals surface area contributed by atoms with E-state index < -0.39 is 0 Å². The molecule has 1 fully saturated rings. The Labute approximate surface area is 199 Å². The highest BCUT2D eigenvalue weighted by Crippen LogP contribution is 2.35. The monoisotopic (exact) mass is 466 g/mol. The van der Waals surface area contributed by atoms with Crippen molar-refractivity contribution in [2.24, 2.45) is 0 Å². The molecule has 0 bridgehead atoms. The van der Waals surface area contributed by atoms with Crippen LogP contribution in [0.4, 0.5) is 0 Å². The average molecular weight is 467 g/mol. The SMILES string of the molecule is COc1cc(OC)cc(C(=O)N2CCN(C(=O)C3=Cc4cc(OC)c(OC)cc4CC3)CC2)c1. The lowest BCUT2D eigenvalue weighted by Gasteiger charge is -2.35. The minimum Gasteiger partial charge on any atom is -0.497 e. The first-order valence-electron chi connectivity index (χ1n) is 11.2. The summed E-state index contributed by atoms with van der Waals surface area (Å²) in [5.41, 5.74) is 3.40. The molecule has 1 aliphatic heterocycles. The molecule has 1 saturated heterocycles. The van der Waals surface area contributed by atoms with Crippen molar-refractivity contribution in [2.45, 2.75) is 12.8 Å². The summed E-state index contributed by atoms with van der Waals surface area (Å²) in [4.78, 5) is 29.9. The fraction of sp³-hybridized carbons (Fsp3) is 0.385. The zero-order valence-electron chi connectivity index (χ0n) is 20.1. The summed E-state index contributed by atoms with van der Waals surface area (Å²) in [7, 11) is 6.33. The Bertz CT molecular complexity index is 1100. The molecule has 2 amide bonds. The van der Waals surface area contributed by atoms with E-state index in [2.05, 4.69) is 0 Å². The number of hydrogen-bond donors (Lipinski definition) is 0. The largest absolute Gasteiger partial charge is 0.497 e. The third-order valence-corrected chi connectivity index (χ3v) is 6.37. The van der Waals surface area contributed by atoms with Gasteiger partial charge in [0.05, 0.1) is 28.4 Å². The maximum absolute atomic E-state index is 13.2. The number of aryl methyl sites for hydroxylation is 1. The molecule has 1 aliphatic carbocycles. The van der Waals surface area contributed by atoms with Gasteiger partial charge in [-0.3, -0.25) is 9.59 Å². The standard InChI is InChI=1S/C26H30N2O6/c1-31-21-12-20(13-22(16-21)32-2)26(30)28-9-7-27(8-10-28)25(29)18-6-5-17-14-23(33-3)24(34-4)15-19(17)11-18/h11-16H,5-10H2,1-4H3. The molecular formula is C26H30N2O6. The number of fused-ring (bicyclic) bond motifs is 1. The lowest BCUT2D eigenvalue weighted by atomic mass is 9.91. The quantitative estimate of drug-likeness (QED) is 0.651. The lowest BCUT2D eigenvalue weighted by Crippen LogP contribution is -2.51. The van der Waals surface area contributed by atoms with E-state index in [1.54, 1.807) is 51.5 Å². The zero-order valence-corrected chi connectivity index (χ0v) is 20.1. The summed E-state index contributed by atoms with van der Waals surface area (Å²) in [6, 6.07) is 9.03. The van der Waals surface area contributed by atoms with Gasteiger partial charge in [-0.05, 0) is 54.3 Å². The summed E-state index contributed by atoms with van der Waals surface area (Å²) in [5, 5.41) is 0. The van der Waals surface area contributed by atoms with Crippen LogP contribution < -0.4 is 18.9 Å². The number of piperazine rings is 1. The second-order valence-corrected chi connectivity index (χ2v) is 8.26. The number of ether oxygens (including phenoxy) is 4. The van der Waals surface area contributed by atoms with E-state index in [9.17, 15) is 9.59 Å². The van der Waals surface area contributed by atoms with Crippen LogP contribution >= 0.6 is 0 Å². The van der Waals surface area contributed by atoms with Gasteiger partial charge >= 0.3 is 0 Å². The van der Waals surface area contributed by atoms with Gasteiger partial charge in [-0.1, -0.05) is 0 Å². The predicted octanol–water partition coefficient (Wildman–Crippen LogP) is 3.04. The molecular weight excluding hydrogens is 436 g/mol. The van der Waals surface area contributed by atoms with Gasteiger partial charge < -0.3 is 28.7 Å². The molecule has 0 spiro atoms. The second kappa shape index (κ2) is 10.1. The lowest BCUT2D eigenvalue weighted by molar-refractivity contribution is -0.128. The number of amides is 2. The third kappa shape index (κ3) is 4.66. The fourth-order valence-electron chi connectivity index (χ4n) is 4.41. The first-order valence-corrected chi connectivity index (χ1v) is 11.2. The van der Waals surface area contributed by atoms with E-state index in [4.69, 9.17) is 18.9 Å². The van der Waals surface area contributed by atoms with Crippen molar-refractivity contribution in [3.8, 4) is 23.0 Å². The van der Waals surface area contributed by atoms with E-state index in [0.29, 0.717) is 61.2 Å². The van der Waals surface area contributed by atoms with E-state index in [1.165, 1.54) is 0 Å². The molecule has 0 N–H and O–H groups in total. The number of benzene rings is 2. The molecule has 0 saturated carbocycles. The highest BCUT2D eigenvalue weighted by atomic mass is 16.5. The number of nitrogens with zero attached hydrogens (tertiary/aromatic N) is 2. The number of hydrogen-bond acceptors (Lipinski definition) is 6. The summed E-state index contributed by atoms with van der Waals surface area (Å²) < 4.78 is 21.4. The van der Waals surface area contributed by atoms with Crippen LogP contribution in [0.5, 0.6) is 23.0 Å². The third-order valence-electron chi connectivity index (χ3n) is 6.37. The second-order valence-electron chi connectivity index (χ2n) is 8.26. The predicted molar refractivity (Wildman–Crippen MR) is 128 cm³/mol. The number of methoxy groups -OCH3 is 4. The Morgan fingerprint density at radius 3 is 1.79 bits per heavy atom. The van der Waals surface area contributed by atoms with Gasteiger partial charge in [0.1, 0.15) is 11.5 Å². The van der Waals surface area contributed by atoms with Crippen LogP contribution in [0.15, 0.2) is 35.9 Å². The molecule has 34 heavy (non-hydrogen) atoms. The van der Waals surface area contributed by atoms with Crippen LogP contribution in [0.1, 0.15) is 27.9 Å². The number of carbonyl (C=O) groups excluding carboxylic acids is 2. The summed E-state index contributed by atoms with van der Waals surface area (Å²) >= 11 is 0. The van der Waals surface area contributed by atoms with Crippen molar-refractivity contribution >= 4 is 17.9 Å². The molecule has 0 unspecified atom stereocenters. The van der Waals surface area contributed by atoms with Crippen molar-refractivity contribution in [3.63, 3.8) is 0 Å². The minimum absolute atomic E-state index is 0.0237. The van der Waals surface area contributed by atoms with Crippen molar-refractivity contribution in [1.29, 1.82) is 0 Å². The van der Waals surface area contributed by atoms with Gasteiger partial charge in [0, 0.05) is 43.4 Å². The molecule has 8 heteroatoms. The molecule has 2 aromatic carbocycles. The van der Waals surface area contributed by atoms with E-state index in [0.717, 1.165) is 23.1 Å². The summed E-state index contributed by atoms with van der Waals surface area (Å²) in [6.07, 6.45) is 3.39. The molecule has 8 nitrogen and oxygen atoms in total. The van der Waals surface area contributed by atoms with Crippen molar-refractivity contribution in [3.05, 3.63) is 52.6 Å². The van der Waals surface area contributed by atoms with Crippen LogP contribution in [0.2, 0.25) is 0 Å². The first kappa shape index (κ1) is 23.5. The fourth-order valence-corrected chi connectivity index (χ4v) is 4.41. The maximum atomic E-state index is 13.2. The van der Waals surface area contributed by atoms with Crippen LogP contribution in [-0.2, 0) is 11.2 Å². The van der Waals surface area contributed by atoms with E-state index in [1.807, 2.05) is 23.1 Å². The molecule has 4 rings (SSSR count). The minimum atomic E-state index is -0.101. The molecule has 2 aromatic rings. The smallest absolute Gasteiger partial charge is 0.254 e. The van der Waals surface area contributed by atoms with Crippen molar-refractivity contribution in [2.75, 3.05) is 54.6 Å². The van der Waals surface area contributed by atoms with Gasteiger partial charge in [-0.25, -0.2) is 0 Å². The first-order chi connectivity index (χ1) is 16.5. The highest BCUT2D eigenvalue weighted by molar-refractivity contribution is 5.99. The number of rotatable bonds is 6. The van der Waals surface area contributed by atoms with Gasteiger partial charge in [0.2, 0.25) is 5.91 Å². The topological polar surface area (TPSA) is 77.5 Å². The summed E-state index contributed by atoms with van der Waals surface area (Å²) in [6.45, 7) is 1.92. The highest BCUT2D eigenvalue weighted by Gasteiger charge is 2.28. The van der Waals surface area contributed by atoms with Crippen LogP contribution in [0.25, 0.3) is 6.08 Å². The van der Waals surface area contributed by atoms with Crippen LogP contribution in [0, 0.1) is 0 Å². The molecule has 0 radical (unpaired) electrons. The normalized spacial score (nSPS) is 15.2. The Kier molecular flexibility index (Phi) is 6.95. The molecule has 1 heterocycles. The molecule has 0 atom stereocenters.